The highest BCUT2D eigenvalue weighted by atomic mass is 16.6. The molecule has 0 unspecified atom stereocenters. The van der Waals surface area contributed by atoms with Crippen LogP contribution < -0.4 is 4.74 Å². The minimum absolute atomic E-state index is 0.0218. The minimum atomic E-state index is -0.878. The highest BCUT2D eigenvalue weighted by molar-refractivity contribution is 5.95. The van der Waals surface area contributed by atoms with E-state index in [2.05, 4.69) is 0 Å². The lowest BCUT2D eigenvalue weighted by Crippen LogP contribution is -2.19. The van der Waals surface area contributed by atoms with Gasteiger partial charge in [0.05, 0.1) is 29.3 Å². The molecule has 0 amide bonds. The van der Waals surface area contributed by atoms with E-state index in [9.17, 15) is 19.7 Å². The molecule has 0 N–H and O–H groups in total. The Kier molecular flexibility index (Phi) is 6.91. The molecule has 8 nitrogen and oxygen atoms in total. The molecule has 1 rings (SSSR count). The number of carbonyl (C=O) groups is 2. The normalized spacial score (nSPS) is 11.3. The maximum Gasteiger partial charge on any atom is 0.374 e. The van der Waals surface area contributed by atoms with E-state index in [1.165, 1.54) is 18.2 Å². The first-order chi connectivity index (χ1) is 11.2. The van der Waals surface area contributed by atoms with Crippen LogP contribution in [-0.4, -0.2) is 29.1 Å². The highest BCUT2D eigenvalue weighted by Crippen LogP contribution is 2.21. The number of benzene rings is 1. The van der Waals surface area contributed by atoms with Crippen LogP contribution in [0.15, 0.2) is 36.1 Å². The lowest BCUT2D eigenvalue weighted by molar-refractivity contribution is -0.384. The van der Waals surface area contributed by atoms with E-state index in [4.69, 9.17) is 14.2 Å². The molecule has 0 spiro atoms. The molecule has 1 aromatic rings. The van der Waals surface area contributed by atoms with Crippen LogP contribution in [0.4, 0.5) is 5.69 Å². The Hall–Kier alpha value is -2.90. The standard InChI is InChI=1S/C16H19NO7/c1-10(2)22-15(18)9-14(16(19)23-11(3)4)24-13-7-5-6-12(8-13)17(20)21/h5-11H,1-4H3/b14-9+. The fourth-order valence-electron chi connectivity index (χ4n) is 1.56. The molecule has 8 heteroatoms. The van der Waals surface area contributed by atoms with Gasteiger partial charge >= 0.3 is 11.9 Å². The van der Waals surface area contributed by atoms with E-state index in [1.807, 2.05) is 0 Å². The predicted molar refractivity (Wildman–Crippen MR) is 84.3 cm³/mol. The third kappa shape index (κ3) is 6.47. The van der Waals surface area contributed by atoms with Gasteiger partial charge in [0.2, 0.25) is 5.76 Å². The zero-order valence-corrected chi connectivity index (χ0v) is 13.8. The smallest absolute Gasteiger partial charge is 0.374 e. The van der Waals surface area contributed by atoms with Gasteiger partial charge in [0.15, 0.2) is 0 Å². The number of nitro groups is 1. The van der Waals surface area contributed by atoms with Crippen LogP contribution in [0, 0.1) is 10.1 Å². The van der Waals surface area contributed by atoms with E-state index in [-0.39, 0.29) is 17.5 Å². The maximum absolute atomic E-state index is 12.0. The number of hydrogen-bond donors (Lipinski definition) is 0. The highest BCUT2D eigenvalue weighted by Gasteiger charge is 2.19. The monoisotopic (exact) mass is 337 g/mol. The average molecular weight is 337 g/mol. The summed E-state index contributed by atoms with van der Waals surface area (Å²) < 4.78 is 15.2. The van der Waals surface area contributed by atoms with E-state index in [1.54, 1.807) is 27.7 Å². The number of non-ortho nitro benzene ring substituents is 1. The molecule has 0 heterocycles. The van der Waals surface area contributed by atoms with Crippen LogP contribution in [-0.2, 0) is 19.1 Å². The Morgan fingerprint density at radius 3 is 2.29 bits per heavy atom. The Bertz CT molecular complexity index is 650. The van der Waals surface area contributed by atoms with Crippen LogP contribution in [0.1, 0.15) is 27.7 Å². The van der Waals surface area contributed by atoms with E-state index in [0.29, 0.717) is 0 Å². The molecule has 0 aliphatic heterocycles. The molecule has 1 aromatic carbocycles. The quantitative estimate of drug-likeness (QED) is 0.248. The molecular weight excluding hydrogens is 318 g/mol. The summed E-state index contributed by atoms with van der Waals surface area (Å²) in [7, 11) is 0. The topological polar surface area (TPSA) is 105 Å². The Labute approximate surface area is 139 Å². The summed E-state index contributed by atoms with van der Waals surface area (Å²) in [6.07, 6.45) is 0.0356. The summed E-state index contributed by atoms with van der Waals surface area (Å²) in [5.74, 6) is -2.06. The second-order valence-corrected chi connectivity index (χ2v) is 5.30. The number of ether oxygens (including phenoxy) is 3. The van der Waals surface area contributed by atoms with Crippen molar-refractivity contribution in [2.75, 3.05) is 0 Å². The number of hydrogen-bond acceptors (Lipinski definition) is 7. The van der Waals surface area contributed by atoms with Gasteiger partial charge < -0.3 is 14.2 Å². The van der Waals surface area contributed by atoms with Crippen molar-refractivity contribution < 1.29 is 28.7 Å². The summed E-state index contributed by atoms with van der Waals surface area (Å²) in [6.45, 7) is 6.57. The van der Waals surface area contributed by atoms with Gasteiger partial charge in [-0.1, -0.05) is 6.07 Å². The average Bonchev–Trinajstić information content (AvgIpc) is 2.45. The molecule has 0 saturated heterocycles. The largest absolute Gasteiger partial charge is 0.460 e. The van der Waals surface area contributed by atoms with Crippen molar-refractivity contribution in [3.8, 4) is 5.75 Å². The zero-order valence-electron chi connectivity index (χ0n) is 13.8. The van der Waals surface area contributed by atoms with Crippen molar-refractivity contribution in [2.45, 2.75) is 39.9 Å². The third-order valence-corrected chi connectivity index (χ3v) is 2.40. The van der Waals surface area contributed by atoms with Gasteiger partial charge in [0.25, 0.3) is 5.69 Å². The van der Waals surface area contributed by atoms with E-state index >= 15 is 0 Å². The summed E-state index contributed by atoms with van der Waals surface area (Å²) in [4.78, 5) is 34.0. The summed E-state index contributed by atoms with van der Waals surface area (Å²) in [5.41, 5.74) is -0.214. The van der Waals surface area contributed by atoms with Crippen LogP contribution in [0.5, 0.6) is 5.75 Å². The van der Waals surface area contributed by atoms with Crippen molar-refractivity contribution in [3.63, 3.8) is 0 Å². The number of esters is 2. The van der Waals surface area contributed by atoms with Crippen molar-refractivity contribution in [1.82, 2.24) is 0 Å². The molecular formula is C16H19NO7. The van der Waals surface area contributed by atoms with Gasteiger partial charge in [-0.3, -0.25) is 10.1 Å². The van der Waals surface area contributed by atoms with Gasteiger partial charge in [-0.05, 0) is 33.8 Å². The summed E-state index contributed by atoms with van der Waals surface area (Å²) >= 11 is 0. The van der Waals surface area contributed by atoms with Crippen LogP contribution in [0.2, 0.25) is 0 Å². The van der Waals surface area contributed by atoms with Gasteiger partial charge in [-0.15, -0.1) is 0 Å². The van der Waals surface area contributed by atoms with Crippen LogP contribution >= 0.6 is 0 Å². The number of nitro benzene ring substituents is 1. The molecule has 130 valence electrons. The molecule has 24 heavy (non-hydrogen) atoms. The van der Waals surface area contributed by atoms with Gasteiger partial charge in [-0.25, -0.2) is 9.59 Å². The first-order valence-electron chi connectivity index (χ1n) is 7.24. The molecule has 0 aliphatic carbocycles. The first kappa shape index (κ1) is 19.1. The number of nitrogens with zero attached hydrogens (tertiary/aromatic N) is 1. The van der Waals surface area contributed by atoms with Crippen LogP contribution in [0.3, 0.4) is 0 Å². The molecule has 0 saturated carbocycles. The molecule has 0 fully saturated rings. The second-order valence-electron chi connectivity index (χ2n) is 5.30. The molecule has 0 aromatic heterocycles. The number of carbonyl (C=O) groups excluding carboxylic acids is 2. The molecule has 0 aliphatic rings. The molecule has 0 radical (unpaired) electrons. The third-order valence-electron chi connectivity index (χ3n) is 2.40. The fourth-order valence-corrected chi connectivity index (χ4v) is 1.56. The van der Waals surface area contributed by atoms with E-state index < -0.39 is 28.7 Å². The predicted octanol–water partition coefficient (Wildman–Crippen LogP) is 2.76. The van der Waals surface area contributed by atoms with Crippen molar-refractivity contribution in [3.05, 3.63) is 46.2 Å². The Morgan fingerprint density at radius 1 is 1.12 bits per heavy atom. The lowest BCUT2D eigenvalue weighted by Gasteiger charge is -2.12. The SMILES string of the molecule is CC(C)OC(=O)/C=C(/Oc1cccc([N+](=O)[O-])c1)C(=O)OC(C)C. The number of rotatable bonds is 7. The second kappa shape index (κ2) is 8.66. The summed E-state index contributed by atoms with van der Waals surface area (Å²) in [5, 5.41) is 10.8. The van der Waals surface area contributed by atoms with E-state index in [0.717, 1.165) is 12.1 Å². The summed E-state index contributed by atoms with van der Waals surface area (Å²) in [6, 6.07) is 5.21. The molecule has 0 atom stereocenters. The maximum atomic E-state index is 12.0. The van der Waals surface area contributed by atoms with Crippen LogP contribution in [0.25, 0.3) is 0 Å². The minimum Gasteiger partial charge on any atom is -0.460 e. The van der Waals surface area contributed by atoms with Crippen molar-refractivity contribution >= 4 is 17.6 Å². The first-order valence-corrected chi connectivity index (χ1v) is 7.24. The Morgan fingerprint density at radius 2 is 1.75 bits per heavy atom. The van der Waals surface area contributed by atoms with Gasteiger partial charge in [0, 0.05) is 6.07 Å². The fraction of sp³-hybridized carbons (Fsp3) is 0.375. The van der Waals surface area contributed by atoms with Gasteiger partial charge in [0.1, 0.15) is 5.75 Å². The Balaban J connectivity index is 3.07. The van der Waals surface area contributed by atoms with Crippen molar-refractivity contribution in [1.29, 1.82) is 0 Å². The lowest BCUT2D eigenvalue weighted by atomic mass is 10.3. The van der Waals surface area contributed by atoms with Gasteiger partial charge in [-0.2, -0.15) is 0 Å². The van der Waals surface area contributed by atoms with Crippen molar-refractivity contribution in [2.24, 2.45) is 0 Å². The zero-order chi connectivity index (χ0) is 18.3. The molecule has 0 bridgehead atoms.